The minimum absolute atomic E-state index is 0.0279. The van der Waals surface area contributed by atoms with Gasteiger partial charge in [0.2, 0.25) is 5.91 Å². The zero-order valence-electron chi connectivity index (χ0n) is 20.3. The van der Waals surface area contributed by atoms with Crippen molar-refractivity contribution in [3.8, 4) is 0 Å². The summed E-state index contributed by atoms with van der Waals surface area (Å²) in [4.78, 5) is 41.5. The molecule has 1 atom stereocenters. The predicted octanol–water partition coefficient (Wildman–Crippen LogP) is 6.09. The number of piperidine rings is 1. The molecule has 0 aliphatic carbocycles. The maximum absolute atomic E-state index is 13.5. The molecule has 4 rings (SSSR count). The van der Waals surface area contributed by atoms with E-state index in [2.05, 4.69) is 10.0 Å². The van der Waals surface area contributed by atoms with Gasteiger partial charge < -0.3 is 9.64 Å². The van der Waals surface area contributed by atoms with Gasteiger partial charge in [0.15, 0.2) is 0 Å². The number of esters is 1. The third-order valence-corrected chi connectivity index (χ3v) is 6.88. The molecule has 3 aromatic rings. The normalized spacial score (nSPS) is 17.3. The largest absolute Gasteiger partial charge is 0.460 e. The highest BCUT2D eigenvalue weighted by Crippen LogP contribution is 2.40. The summed E-state index contributed by atoms with van der Waals surface area (Å²) >= 11 is 0. The third-order valence-electron chi connectivity index (χ3n) is 6.88. The smallest absolute Gasteiger partial charge is 0.313 e. The monoisotopic (exact) mass is 501 g/mol. The highest BCUT2D eigenvalue weighted by molar-refractivity contribution is 5.98. The first-order valence-corrected chi connectivity index (χ1v) is 12.1. The Bertz CT molecular complexity index is 1350. The molecule has 0 bridgehead atoms. The van der Waals surface area contributed by atoms with Crippen molar-refractivity contribution >= 4 is 34.0 Å². The second-order valence-electron chi connectivity index (χ2n) is 9.15. The molecule has 0 aromatic heterocycles. The van der Waals surface area contributed by atoms with Gasteiger partial charge in [-0.15, -0.1) is 0 Å². The third kappa shape index (κ3) is 5.87. The Morgan fingerprint density at radius 3 is 2.59 bits per heavy atom. The number of carbonyl (C=O) groups is 2. The van der Waals surface area contributed by atoms with E-state index in [9.17, 15) is 19.7 Å². The topological polar surface area (TPSA) is 139 Å². The van der Waals surface area contributed by atoms with E-state index in [-0.39, 0.29) is 31.2 Å². The Hall–Kier alpha value is -4.43. The van der Waals surface area contributed by atoms with Gasteiger partial charge in [-0.1, -0.05) is 54.0 Å². The molecule has 0 N–H and O–H groups in total. The maximum atomic E-state index is 13.5. The van der Waals surface area contributed by atoms with Crippen molar-refractivity contribution in [3.05, 3.63) is 92.9 Å². The number of hydrogen-bond donors (Lipinski definition) is 0. The Morgan fingerprint density at radius 2 is 1.86 bits per heavy atom. The van der Waals surface area contributed by atoms with Gasteiger partial charge >= 0.3 is 5.97 Å². The SMILES string of the molecule is [N-]=[N+]=NCCCCC1(C(=O)OCc2cccc3ccccc23)CCN(c2ccc([N+](=O)[O-])cc2)C(=O)C1. The zero-order valence-corrected chi connectivity index (χ0v) is 20.3. The molecule has 1 aliphatic heterocycles. The average molecular weight is 502 g/mol. The van der Waals surface area contributed by atoms with Gasteiger partial charge in [-0.25, -0.2) is 0 Å². The van der Waals surface area contributed by atoms with Crippen molar-refractivity contribution in [2.45, 2.75) is 38.7 Å². The molecule has 0 saturated carbocycles. The molecular weight excluding hydrogens is 474 g/mol. The van der Waals surface area contributed by atoms with Crippen LogP contribution >= 0.6 is 0 Å². The molecule has 37 heavy (non-hydrogen) atoms. The number of unbranched alkanes of at least 4 members (excludes halogenated alkanes) is 1. The van der Waals surface area contributed by atoms with Gasteiger partial charge in [0.05, 0.1) is 10.3 Å². The number of azide groups is 1. The van der Waals surface area contributed by atoms with Crippen LogP contribution < -0.4 is 4.90 Å². The van der Waals surface area contributed by atoms with Crippen molar-refractivity contribution in [2.75, 3.05) is 18.0 Å². The number of anilines is 1. The number of nitrogens with zero attached hydrogens (tertiary/aromatic N) is 5. The number of benzene rings is 3. The fourth-order valence-electron chi connectivity index (χ4n) is 4.85. The second-order valence-corrected chi connectivity index (χ2v) is 9.15. The summed E-state index contributed by atoms with van der Waals surface area (Å²) in [5.74, 6) is -0.654. The van der Waals surface area contributed by atoms with Crippen molar-refractivity contribution in [2.24, 2.45) is 10.5 Å². The number of fused-ring (bicyclic) bond motifs is 1. The predicted molar refractivity (Wildman–Crippen MR) is 139 cm³/mol. The number of nitro groups is 1. The van der Waals surface area contributed by atoms with Gasteiger partial charge in [-0.2, -0.15) is 0 Å². The summed E-state index contributed by atoms with van der Waals surface area (Å²) in [6.07, 6.45) is 2.00. The summed E-state index contributed by atoms with van der Waals surface area (Å²) < 4.78 is 5.82. The van der Waals surface area contributed by atoms with Crippen molar-refractivity contribution in [3.63, 3.8) is 0 Å². The molecule has 1 amide bonds. The van der Waals surface area contributed by atoms with Crippen LogP contribution in [0.5, 0.6) is 0 Å². The number of nitro benzene ring substituents is 1. The number of carbonyl (C=O) groups excluding carboxylic acids is 2. The van der Waals surface area contributed by atoms with Gasteiger partial charge in [0.25, 0.3) is 5.69 Å². The van der Waals surface area contributed by atoms with Crippen molar-refractivity contribution in [1.29, 1.82) is 0 Å². The van der Waals surface area contributed by atoms with Crippen LogP contribution in [0.2, 0.25) is 0 Å². The summed E-state index contributed by atoms with van der Waals surface area (Å²) in [5, 5.41) is 16.6. The molecule has 3 aromatic carbocycles. The van der Waals surface area contributed by atoms with Gasteiger partial charge in [0.1, 0.15) is 6.61 Å². The van der Waals surface area contributed by atoms with E-state index in [1.165, 1.54) is 12.1 Å². The molecule has 10 heteroatoms. The molecule has 1 heterocycles. The fourth-order valence-corrected chi connectivity index (χ4v) is 4.85. The van der Waals surface area contributed by atoms with Crippen molar-refractivity contribution < 1.29 is 19.2 Å². The second kappa shape index (κ2) is 11.5. The van der Waals surface area contributed by atoms with Crippen LogP contribution in [0.4, 0.5) is 11.4 Å². The Labute approximate surface area is 213 Å². The van der Waals surface area contributed by atoms with Crippen LogP contribution in [0.1, 0.15) is 37.7 Å². The molecule has 0 radical (unpaired) electrons. The summed E-state index contributed by atoms with van der Waals surface area (Å²) in [5.41, 5.74) is 8.92. The highest BCUT2D eigenvalue weighted by Gasteiger charge is 2.46. The number of hydrogen-bond acceptors (Lipinski definition) is 6. The van der Waals surface area contributed by atoms with E-state index in [0.717, 1.165) is 16.3 Å². The van der Waals surface area contributed by atoms with Gasteiger partial charge in [-0.3, -0.25) is 19.7 Å². The molecule has 1 fully saturated rings. The molecule has 0 spiro atoms. The summed E-state index contributed by atoms with van der Waals surface area (Å²) in [7, 11) is 0. The Kier molecular flexibility index (Phi) is 8.00. The van der Waals surface area contributed by atoms with Gasteiger partial charge in [0, 0.05) is 42.2 Å². The van der Waals surface area contributed by atoms with Gasteiger partial charge in [-0.05, 0) is 53.3 Å². The number of rotatable bonds is 10. The molecule has 1 aliphatic rings. The molecule has 10 nitrogen and oxygen atoms in total. The van der Waals surface area contributed by atoms with E-state index in [0.29, 0.717) is 37.9 Å². The minimum Gasteiger partial charge on any atom is -0.460 e. The summed E-state index contributed by atoms with van der Waals surface area (Å²) in [6, 6.07) is 19.5. The molecular formula is C27H27N5O5. The molecule has 190 valence electrons. The Morgan fingerprint density at radius 1 is 1.11 bits per heavy atom. The quantitative estimate of drug-likeness (QED) is 0.0629. The molecule has 1 unspecified atom stereocenters. The average Bonchev–Trinajstić information content (AvgIpc) is 2.91. The number of non-ortho nitro benzene ring substituents is 1. The number of ether oxygens (including phenoxy) is 1. The standard InChI is InChI=1S/C27H27N5O5/c28-30-29-16-4-3-14-27(26(34)37-19-21-8-5-7-20-6-1-2-9-24(20)21)15-17-31(25(33)18-27)22-10-12-23(13-11-22)32(35)36/h1-2,5-13H,3-4,14-19H2. The highest BCUT2D eigenvalue weighted by atomic mass is 16.6. The van der Waals surface area contributed by atoms with Crippen LogP contribution in [0, 0.1) is 15.5 Å². The maximum Gasteiger partial charge on any atom is 0.313 e. The zero-order chi connectivity index (χ0) is 26.3. The molecule has 1 saturated heterocycles. The lowest BCUT2D eigenvalue weighted by atomic mass is 9.74. The van der Waals surface area contributed by atoms with E-state index in [1.54, 1.807) is 17.0 Å². The van der Waals surface area contributed by atoms with E-state index < -0.39 is 16.3 Å². The van der Waals surface area contributed by atoms with Crippen LogP contribution in [0.15, 0.2) is 71.8 Å². The van der Waals surface area contributed by atoms with E-state index in [1.807, 2.05) is 42.5 Å². The van der Waals surface area contributed by atoms with Crippen molar-refractivity contribution in [1.82, 2.24) is 0 Å². The van der Waals surface area contributed by atoms with Crippen LogP contribution in [-0.4, -0.2) is 29.9 Å². The lowest BCUT2D eigenvalue weighted by Gasteiger charge is -2.39. The van der Waals surface area contributed by atoms with E-state index in [4.69, 9.17) is 10.3 Å². The first-order valence-electron chi connectivity index (χ1n) is 12.1. The first kappa shape index (κ1) is 25.7. The first-order chi connectivity index (χ1) is 17.9. The lowest BCUT2D eigenvalue weighted by molar-refractivity contribution is -0.384. The fraction of sp³-hybridized carbons (Fsp3) is 0.333. The Balaban J connectivity index is 1.50. The lowest BCUT2D eigenvalue weighted by Crippen LogP contribution is -2.48. The van der Waals surface area contributed by atoms with Crippen LogP contribution in [0.25, 0.3) is 21.2 Å². The van der Waals surface area contributed by atoms with Crippen LogP contribution in [0.3, 0.4) is 0 Å². The minimum atomic E-state index is -0.991. The van der Waals surface area contributed by atoms with Crippen LogP contribution in [-0.2, 0) is 20.9 Å². The number of amides is 1. The summed E-state index contributed by atoms with van der Waals surface area (Å²) in [6.45, 7) is 0.706. The van der Waals surface area contributed by atoms with E-state index >= 15 is 0 Å².